The largest absolute Gasteiger partial charge is 0.422 e. The summed E-state index contributed by atoms with van der Waals surface area (Å²) in [5.41, 5.74) is 4.32. The van der Waals surface area contributed by atoms with E-state index >= 15 is 0 Å². The molecule has 1 aliphatic heterocycles. The molecule has 0 unspecified atom stereocenters. The first kappa shape index (κ1) is 20.2. The van der Waals surface area contributed by atoms with Crippen LogP contribution in [0.2, 0.25) is 0 Å². The van der Waals surface area contributed by atoms with E-state index in [4.69, 9.17) is 4.42 Å². The van der Waals surface area contributed by atoms with E-state index in [9.17, 15) is 14.7 Å². The van der Waals surface area contributed by atoms with Gasteiger partial charge in [-0.1, -0.05) is 24.3 Å². The molecule has 2 heterocycles. The number of carbonyl (C=O) groups is 1. The van der Waals surface area contributed by atoms with E-state index in [0.29, 0.717) is 29.9 Å². The Morgan fingerprint density at radius 2 is 2.03 bits per heavy atom. The second-order valence-electron chi connectivity index (χ2n) is 7.85. The van der Waals surface area contributed by atoms with Crippen LogP contribution in [0.25, 0.3) is 11.0 Å². The standard InChI is InChI=1S/C24H26N2O4/c1-15-9-10-19-17(12-22(28)30-23(19)16(15)2)13-25-21-8-4-3-7-20(21)24(29)26-11-5-6-18(26)14-27/h3-4,7-10,12,18,25,27H,5-6,11,13-14H2,1-2H3/t18-/m0/s1. The van der Waals surface area contributed by atoms with Crippen molar-refractivity contribution < 1.29 is 14.3 Å². The average Bonchev–Trinajstić information content (AvgIpc) is 3.23. The molecule has 3 aromatic rings. The SMILES string of the molecule is Cc1ccc2c(CNc3ccccc3C(=O)N3CCC[C@H]3CO)cc(=O)oc2c1C. The molecule has 1 fully saturated rings. The van der Waals surface area contributed by atoms with Crippen molar-refractivity contribution in [2.75, 3.05) is 18.5 Å². The Morgan fingerprint density at radius 3 is 2.83 bits per heavy atom. The summed E-state index contributed by atoms with van der Waals surface area (Å²) in [6.07, 6.45) is 1.72. The Kier molecular flexibility index (Phi) is 5.59. The molecule has 0 radical (unpaired) electrons. The maximum atomic E-state index is 13.1. The van der Waals surface area contributed by atoms with Crippen LogP contribution in [0, 0.1) is 13.8 Å². The molecule has 0 aliphatic carbocycles. The Morgan fingerprint density at radius 1 is 1.23 bits per heavy atom. The molecule has 1 aliphatic rings. The lowest BCUT2D eigenvalue weighted by Crippen LogP contribution is -2.37. The number of amides is 1. The van der Waals surface area contributed by atoms with E-state index in [1.54, 1.807) is 11.0 Å². The Bertz CT molecular complexity index is 1150. The molecule has 2 aromatic carbocycles. The summed E-state index contributed by atoms with van der Waals surface area (Å²) in [7, 11) is 0. The Balaban J connectivity index is 1.64. The van der Waals surface area contributed by atoms with Gasteiger partial charge in [0.2, 0.25) is 0 Å². The molecule has 6 nitrogen and oxygen atoms in total. The van der Waals surface area contributed by atoms with Crippen molar-refractivity contribution in [2.24, 2.45) is 0 Å². The maximum Gasteiger partial charge on any atom is 0.336 e. The number of fused-ring (bicyclic) bond motifs is 1. The lowest BCUT2D eigenvalue weighted by Gasteiger charge is -2.24. The van der Waals surface area contributed by atoms with Gasteiger partial charge in [0.15, 0.2) is 0 Å². The maximum absolute atomic E-state index is 13.1. The molecular weight excluding hydrogens is 380 g/mol. The van der Waals surface area contributed by atoms with Gasteiger partial charge >= 0.3 is 5.63 Å². The van der Waals surface area contributed by atoms with Crippen LogP contribution in [-0.2, 0) is 6.54 Å². The lowest BCUT2D eigenvalue weighted by atomic mass is 10.0. The van der Waals surface area contributed by atoms with Crippen LogP contribution in [-0.4, -0.2) is 35.1 Å². The molecule has 0 spiro atoms. The van der Waals surface area contributed by atoms with Gasteiger partial charge in [-0.25, -0.2) is 4.79 Å². The summed E-state index contributed by atoms with van der Waals surface area (Å²) in [5.74, 6) is -0.0847. The minimum Gasteiger partial charge on any atom is -0.422 e. The van der Waals surface area contributed by atoms with E-state index in [2.05, 4.69) is 5.32 Å². The Hall–Kier alpha value is -3.12. The number of aliphatic hydroxyl groups excluding tert-OH is 1. The van der Waals surface area contributed by atoms with Gasteiger partial charge in [0.25, 0.3) is 5.91 Å². The summed E-state index contributed by atoms with van der Waals surface area (Å²) in [6, 6.07) is 12.7. The number of aryl methyl sites for hydroxylation is 2. The second kappa shape index (κ2) is 8.32. The van der Waals surface area contributed by atoms with Gasteiger partial charge in [0, 0.05) is 30.2 Å². The molecule has 1 amide bonds. The van der Waals surface area contributed by atoms with Crippen molar-refractivity contribution in [3.8, 4) is 0 Å². The number of aliphatic hydroxyl groups is 1. The highest BCUT2D eigenvalue weighted by Gasteiger charge is 2.29. The van der Waals surface area contributed by atoms with E-state index in [1.807, 2.05) is 44.2 Å². The molecule has 0 bridgehead atoms. The molecule has 1 aromatic heterocycles. The van der Waals surface area contributed by atoms with Crippen LogP contribution in [0.1, 0.15) is 39.9 Å². The van der Waals surface area contributed by atoms with Crippen molar-refractivity contribution in [1.82, 2.24) is 4.90 Å². The molecule has 30 heavy (non-hydrogen) atoms. The highest BCUT2D eigenvalue weighted by atomic mass is 16.4. The van der Waals surface area contributed by atoms with Gasteiger partial charge < -0.3 is 19.7 Å². The number of likely N-dealkylation sites (tertiary alicyclic amines) is 1. The first-order valence-electron chi connectivity index (χ1n) is 10.3. The molecule has 6 heteroatoms. The molecule has 1 saturated heterocycles. The van der Waals surface area contributed by atoms with E-state index in [-0.39, 0.29) is 24.2 Å². The summed E-state index contributed by atoms with van der Waals surface area (Å²) in [5, 5.41) is 13.8. The number of nitrogens with zero attached hydrogens (tertiary/aromatic N) is 1. The zero-order chi connectivity index (χ0) is 21.3. The number of carbonyl (C=O) groups excluding carboxylic acids is 1. The lowest BCUT2D eigenvalue weighted by molar-refractivity contribution is 0.0678. The first-order chi connectivity index (χ1) is 14.5. The molecule has 1 atom stereocenters. The number of hydrogen-bond acceptors (Lipinski definition) is 5. The van der Waals surface area contributed by atoms with Crippen LogP contribution in [0.15, 0.2) is 51.7 Å². The Labute approximate surface area is 175 Å². The van der Waals surface area contributed by atoms with Crippen LogP contribution in [0.4, 0.5) is 5.69 Å². The summed E-state index contributed by atoms with van der Waals surface area (Å²) in [4.78, 5) is 27.0. The van der Waals surface area contributed by atoms with Crippen LogP contribution < -0.4 is 10.9 Å². The zero-order valence-electron chi connectivity index (χ0n) is 17.3. The fourth-order valence-corrected chi connectivity index (χ4v) is 4.13. The highest BCUT2D eigenvalue weighted by molar-refractivity contribution is 6.00. The van der Waals surface area contributed by atoms with Crippen molar-refractivity contribution in [1.29, 1.82) is 0 Å². The molecule has 0 saturated carbocycles. The topological polar surface area (TPSA) is 82.8 Å². The molecular formula is C24H26N2O4. The number of anilines is 1. The zero-order valence-corrected chi connectivity index (χ0v) is 17.3. The van der Waals surface area contributed by atoms with Gasteiger partial charge in [-0.05, 0) is 55.5 Å². The molecule has 2 N–H and O–H groups in total. The average molecular weight is 406 g/mol. The van der Waals surface area contributed by atoms with E-state index in [0.717, 1.165) is 34.9 Å². The van der Waals surface area contributed by atoms with Crippen LogP contribution >= 0.6 is 0 Å². The van der Waals surface area contributed by atoms with Crippen molar-refractivity contribution in [3.63, 3.8) is 0 Å². The van der Waals surface area contributed by atoms with E-state index in [1.165, 1.54) is 6.07 Å². The number of hydrogen-bond donors (Lipinski definition) is 2. The smallest absolute Gasteiger partial charge is 0.336 e. The van der Waals surface area contributed by atoms with Crippen LogP contribution in [0.3, 0.4) is 0 Å². The number of rotatable bonds is 5. The quantitative estimate of drug-likeness (QED) is 0.633. The van der Waals surface area contributed by atoms with Gasteiger partial charge in [0.1, 0.15) is 5.58 Å². The first-order valence-corrected chi connectivity index (χ1v) is 10.3. The monoisotopic (exact) mass is 406 g/mol. The van der Waals surface area contributed by atoms with Gasteiger partial charge in [-0.2, -0.15) is 0 Å². The van der Waals surface area contributed by atoms with Gasteiger partial charge in [-0.3, -0.25) is 4.79 Å². The van der Waals surface area contributed by atoms with Crippen LogP contribution in [0.5, 0.6) is 0 Å². The number of para-hydroxylation sites is 1. The summed E-state index contributed by atoms with van der Waals surface area (Å²) >= 11 is 0. The minimum absolute atomic E-state index is 0.0219. The normalized spacial score (nSPS) is 16.2. The third-order valence-corrected chi connectivity index (χ3v) is 5.99. The fraction of sp³-hybridized carbons (Fsp3) is 0.333. The van der Waals surface area contributed by atoms with Crippen molar-refractivity contribution in [2.45, 2.75) is 39.3 Å². The summed E-state index contributed by atoms with van der Waals surface area (Å²) < 4.78 is 5.45. The second-order valence-corrected chi connectivity index (χ2v) is 7.85. The molecule has 156 valence electrons. The third-order valence-electron chi connectivity index (χ3n) is 5.99. The minimum atomic E-state index is -0.389. The van der Waals surface area contributed by atoms with E-state index < -0.39 is 0 Å². The third kappa shape index (κ3) is 3.71. The van der Waals surface area contributed by atoms with Crippen molar-refractivity contribution >= 4 is 22.6 Å². The predicted molar refractivity (Wildman–Crippen MR) is 117 cm³/mol. The highest BCUT2D eigenvalue weighted by Crippen LogP contribution is 2.26. The molecule has 4 rings (SSSR count). The van der Waals surface area contributed by atoms with Gasteiger partial charge in [0.05, 0.1) is 18.2 Å². The summed E-state index contributed by atoms with van der Waals surface area (Å²) in [6.45, 7) is 4.95. The predicted octanol–water partition coefficient (Wildman–Crippen LogP) is 3.62. The number of benzene rings is 2. The van der Waals surface area contributed by atoms with Gasteiger partial charge in [-0.15, -0.1) is 0 Å². The van der Waals surface area contributed by atoms with Crippen molar-refractivity contribution in [3.05, 3.63) is 75.1 Å². The fourth-order valence-electron chi connectivity index (χ4n) is 4.13. The number of nitrogens with one attached hydrogen (secondary N) is 1.